The Balaban J connectivity index is 3.04. The second kappa shape index (κ2) is 5.61. The standard InChI is InChI=1S/C12H17NO3/c1-4-10-6-5-7-12(13(14)15)11(10)8-16-9(2)3/h5-7,9H,4,8H2,1-3H3. The third-order valence-electron chi connectivity index (χ3n) is 2.39. The molecule has 0 fully saturated rings. The first-order valence-corrected chi connectivity index (χ1v) is 5.43. The van der Waals surface area contributed by atoms with E-state index in [1.165, 1.54) is 6.07 Å². The molecule has 1 rings (SSSR count). The van der Waals surface area contributed by atoms with Crippen LogP contribution in [-0.2, 0) is 17.8 Å². The topological polar surface area (TPSA) is 52.4 Å². The van der Waals surface area contributed by atoms with Gasteiger partial charge in [0.1, 0.15) is 0 Å². The van der Waals surface area contributed by atoms with Crippen molar-refractivity contribution in [3.05, 3.63) is 39.4 Å². The minimum Gasteiger partial charge on any atom is -0.374 e. The van der Waals surface area contributed by atoms with Crippen LogP contribution in [0.5, 0.6) is 0 Å². The molecule has 4 nitrogen and oxygen atoms in total. The highest BCUT2D eigenvalue weighted by molar-refractivity contribution is 5.45. The van der Waals surface area contributed by atoms with Gasteiger partial charge in [-0.3, -0.25) is 10.1 Å². The van der Waals surface area contributed by atoms with Crippen LogP contribution in [0.1, 0.15) is 31.9 Å². The summed E-state index contributed by atoms with van der Waals surface area (Å²) in [5, 5.41) is 10.9. The third-order valence-corrected chi connectivity index (χ3v) is 2.39. The summed E-state index contributed by atoms with van der Waals surface area (Å²) in [6.07, 6.45) is 0.850. The maximum atomic E-state index is 10.9. The van der Waals surface area contributed by atoms with Gasteiger partial charge in [-0.2, -0.15) is 0 Å². The molecule has 0 spiro atoms. The molecule has 0 aromatic heterocycles. The average molecular weight is 223 g/mol. The number of aryl methyl sites for hydroxylation is 1. The van der Waals surface area contributed by atoms with Crippen molar-refractivity contribution in [3.63, 3.8) is 0 Å². The fraction of sp³-hybridized carbons (Fsp3) is 0.500. The summed E-state index contributed by atoms with van der Waals surface area (Å²) in [7, 11) is 0. The molecule has 88 valence electrons. The molecule has 16 heavy (non-hydrogen) atoms. The van der Waals surface area contributed by atoms with Crippen LogP contribution in [0.25, 0.3) is 0 Å². The smallest absolute Gasteiger partial charge is 0.275 e. The Morgan fingerprint density at radius 2 is 2.12 bits per heavy atom. The molecule has 0 aliphatic carbocycles. The first-order valence-electron chi connectivity index (χ1n) is 5.43. The SMILES string of the molecule is CCc1cccc([N+](=O)[O-])c1COC(C)C. The molecular weight excluding hydrogens is 206 g/mol. The summed E-state index contributed by atoms with van der Waals surface area (Å²) in [4.78, 5) is 10.5. The van der Waals surface area contributed by atoms with E-state index in [0.717, 1.165) is 12.0 Å². The molecule has 0 N–H and O–H groups in total. The molecule has 1 aromatic carbocycles. The highest BCUT2D eigenvalue weighted by Crippen LogP contribution is 2.24. The monoisotopic (exact) mass is 223 g/mol. The van der Waals surface area contributed by atoms with Crippen molar-refractivity contribution in [2.24, 2.45) is 0 Å². The number of nitrogens with zero attached hydrogens (tertiary/aromatic N) is 1. The Hall–Kier alpha value is -1.42. The minimum atomic E-state index is -0.349. The zero-order valence-corrected chi connectivity index (χ0v) is 9.90. The number of nitro benzene ring substituents is 1. The fourth-order valence-electron chi connectivity index (χ4n) is 1.54. The summed E-state index contributed by atoms with van der Waals surface area (Å²) >= 11 is 0. The van der Waals surface area contributed by atoms with Crippen LogP contribution in [0.15, 0.2) is 18.2 Å². The lowest BCUT2D eigenvalue weighted by atomic mass is 10.0. The van der Waals surface area contributed by atoms with E-state index in [0.29, 0.717) is 12.2 Å². The van der Waals surface area contributed by atoms with Gasteiger partial charge in [0, 0.05) is 6.07 Å². The van der Waals surface area contributed by atoms with Gasteiger partial charge >= 0.3 is 0 Å². The van der Waals surface area contributed by atoms with Gasteiger partial charge in [0.2, 0.25) is 0 Å². The molecule has 0 atom stereocenters. The van der Waals surface area contributed by atoms with E-state index < -0.39 is 0 Å². The summed E-state index contributed by atoms with van der Waals surface area (Å²) in [6, 6.07) is 5.15. The predicted molar refractivity (Wildman–Crippen MR) is 62.4 cm³/mol. The number of rotatable bonds is 5. The van der Waals surface area contributed by atoms with Crippen LogP contribution < -0.4 is 0 Å². The molecule has 0 amide bonds. The van der Waals surface area contributed by atoms with Crippen molar-refractivity contribution in [3.8, 4) is 0 Å². The van der Waals surface area contributed by atoms with E-state index in [9.17, 15) is 10.1 Å². The van der Waals surface area contributed by atoms with Crippen molar-refractivity contribution >= 4 is 5.69 Å². The Kier molecular flexibility index (Phi) is 4.43. The van der Waals surface area contributed by atoms with Gasteiger partial charge in [0.05, 0.1) is 23.2 Å². The molecule has 0 bridgehead atoms. The molecule has 0 aliphatic rings. The van der Waals surface area contributed by atoms with Gasteiger partial charge in [0.15, 0.2) is 0 Å². The van der Waals surface area contributed by atoms with Crippen molar-refractivity contribution in [1.29, 1.82) is 0 Å². The molecule has 1 aromatic rings. The Labute approximate surface area is 95.4 Å². The highest BCUT2D eigenvalue weighted by atomic mass is 16.6. The third kappa shape index (κ3) is 3.03. The van der Waals surface area contributed by atoms with Gasteiger partial charge in [-0.1, -0.05) is 19.1 Å². The summed E-state index contributed by atoms with van der Waals surface area (Å²) in [5.41, 5.74) is 1.83. The number of ether oxygens (including phenoxy) is 1. The lowest BCUT2D eigenvalue weighted by molar-refractivity contribution is -0.386. The van der Waals surface area contributed by atoms with Crippen molar-refractivity contribution in [2.45, 2.75) is 39.9 Å². The Morgan fingerprint density at radius 1 is 1.44 bits per heavy atom. The van der Waals surface area contributed by atoms with Crippen LogP contribution in [0.2, 0.25) is 0 Å². The quantitative estimate of drug-likeness (QED) is 0.569. The minimum absolute atomic E-state index is 0.0736. The second-order valence-corrected chi connectivity index (χ2v) is 3.89. The molecule has 0 aliphatic heterocycles. The summed E-state index contributed by atoms with van der Waals surface area (Å²) in [6.45, 7) is 6.12. The van der Waals surface area contributed by atoms with Gasteiger partial charge in [-0.15, -0.1) is 0 Å². The van der Waals surface area contributed by atoms with E-state index in [1.807, 2.05) is 26.8 Å². The zero-order chi connectivity index (χ0) is 12.1. The van der Waals surface area contributed by atoms with Gasteiger partial charge in [0.25, 0.3) is 5.69 Å². The lowest BCUT2D eigenvalue weighted by Gasteiger charge is -2.11. The van der Waals surface area contributed by atoms with Crippen LogP contribution >= 0.6 is 0 Å². The van der Waals surface area contributed by atoms with Gasteiger partial charge in [-0.25, -0.2) is 0 Å². The van der Waals surface area contributed by atoms with Crippen LogP contribution in [0.3, 0.4) is 0 Å². The molecule has 0 radical (unpaired) electrons. The van der Waals surface area contributed by atoms with Crippen molar-refractivity contribution < 1.29 is 9.66 Å². The number of nitro groups is 1. The molecule has 0 unspecified atom stereocenters. The molecular formula is C12H17NO3. The van der Waals surface area contributed by atoms with E-state index in [-0.39, 0.29) is 16.7 Å². The van der Waals surface area contributed by atoms with Crippen LogP contribution in [0.4, 0.5) is 5.69 Å². The Morgan fingerprint density at radius 3 is 2.62 bits per heavy atom. The summed E-state index contributed by atoms with van der Waals surface area (Å²) < 4.78 is 5.46. The Bertz CT molecular complexity index is 375. The van der Waals surface area contributed by atoms with Crippen LogP contribution in [-0.4, -0.2) is 11.0 Å². The predicted octanol–water partition coefficient (Wildman–Crippen LogP) is 3.08. The number of hydrogen-bond donors (Lipinski definition) is 0. The first-order chi connectivity index (χ1) is 7.56. The van der Waals surface area contributed by atoms with E-state index in [2.05, 4.69) is 0 Å². The molecule has 0 saturated heterocycles. The van der Waals surface area contributed by atoms with Gasteiger partial charge < -0.3 is 4.74 Å². The number of hydrogen-bond acceptors (Lipinski definition) is 3. The molecule has 0 saturated carbocycles. The number of benzene rings is 1. The van der Waals surface area contributed by atoms with Gasteiger partial charge in [-0.05, 0) is 25.8 Å². The normalized spacial score (nSPS) is 10.8. The molecule has 4 heteroatoms. The maximum absolute atomic E-state index is 10.9. The summed E-state index contributed by atoms with van der Waals surface area (Å²) in [5.74, 6) is 0. The maximum Gasteiger partial charge on any atom is 0.275 e. The van der Waals surface area contributed by atoms with Crippen molar-refractivity contribution in [1.82, 2.24) is 0 Å². The van der Waals surface area contributed by atoms with E-state index in [1.54, 1.807) is 6.07 Å². The lowest BCUT2D eigenvalue weighted by Crippen LogP contribution is -2.07. The van der Waals surface area contributed by atoms with E-state index >= 15 is 0 Å². The van der Waals surface area contributed by atoms with Crippen LogP contribution in [0, 0.1) is 10.1 Å². The first kappa shape index (κ1) is 12.6. The van der Waals surface area contributed by atoms with E-state index in [4.69, 9.17) is 4.74 Å². The second-order valence-electron chi connectivity index (χ2n) is 3.89. The highest BCUT2D eigenvalue weighted by Gasteiger charge is 2.16. The fourth-order valence-corrected chi connectivity index (χ4v) is 1.54. The van der Waals surface area contributed by atoms with Crippen molar-refractivity contribution in [2.75, 3.05) is 0 Å². The molecule has 0 heterocycles. The average Bonchev–Trinajstić information content (AvgIpc) is 2.25. The largest absolute Gasteiger partial charge is 0.374 e. The zero-order valence-electron chi connectivity index (χ0n) is 9.90.